The van der Waals surface area contributed by atoms with Gasteiger partial charge < -0.3 is 9.80 Å². The molecule has 0 radical (unpaired) electrons. The lowest BCUT2D eigenvalue weighted by molar-refractivity contribution is -0.126. The van der Waals surface area contributed by atoms with Crippen LogP contribution in [0.1, 0.15) is 11.3 Å². The van der Waals surface area contributed by atoms with Crippen molar-refractivity contribution >= 4 is 29.7 Å². The first-order valence-corrected chi connectivity index (χ1v) is 9.01. The topological polar surface area (TPSA) is 85.8 Å². The maximum absolute atomic E-state index is 12.4. The molecule has 1 aromatic heterocycles. The number of amides is 2. The molecule has 0 saturated carbocycles. The van der Waals surface area contributed by atoms with Gasteiger partial charge in [0.15, 0.2) is 0 Å². The molecule has 0 atom stereocenters. The van der Waals surface area contributed by atoms with E-state index in [4.69, 9.17) is 5.21 Å². The van der Waals surface area contributed by atoms with E-state index in [1.54, 1.807) is 30.5 Å². The van der Waals surface area contributed by atoms with Crippen molar-refractivity contribution in [3.8, 4) is 0 Å². The predicted octanol–water partition coefficient (Wildman–Crippen LogP) is 1.96. The Hall–Kier alpha value is -3.45. The normalized spacial score (nSPS) is 14.6. The number of benzene rings is 1. The highest BCUT2D eigenvalue weighted by Gasteiger charge is 2.19. The summed E-state index contributed by atoms with van der Waals surface area (Å²) >= 11 is 0. The van der Waals surface area contributed by atoms with Crippen molar-refractivity contribution in [1.29, 1.82) is 0 Å². The van der Waals surface area contributed by atoms with Crippen molar-refractivity contribution in [3.05, 3.63) is 72.1 Å². The molecule has 0 aliphatic carbocycles. The third-order valence-corrected chi connectivity index (χ3v) is 4.46. The quantitative estimate of drug-likeness (QED) is 0.472. The van der Waals surface area contributed by atoms with Gasteiger partial charge in [-0.15, -0.1) is 0 Å². The molecule has 0 spiro atoms. The highest BCUT2D eigenvalue weighted by atomic mass is 16.5. The molecule has 1 aromatic carbocycles. The Balaban J connectivity index is 1.51. The highest BCUT2D eigenvalue weighted by molar-refractivity contribution is 5.92. The Labute approximate surface area is 163 Å². The zero-order valence-electron chi connectivity index (χ0n) is 15.4. The maximum Gasteiger partial charge on any atom is 0.267 e. The average Bonchev–Trinajstić information content (AvgIpc) is 2.77. The van der Waals surface area contributed by atoms with Crippen LogP contribution in [0.25, 0.3) is 12.2 Å². The fraction of sp³-hybridized carbons (Fsp3) is 0.190. The van der Waals surface area contributed by atoms with Gasteiger partial charge in [-0.1, -0.05) is 24.3 Å². The molecular weight excluding hydrogens is 356 g/mol. The summed E-state index contributed by atoms with van der Waals surface area (Å²) in [6, 6.07) is 13.7. The van der Waals surface area contributed by atoms with E-state index in [9.17, 15) is 9.59 Å². The van der Waals surface area contributed by atoms with Gasteiger partial charge in [0.05, 0.1) is 5.69 Å². The molecule has 2 heterocycles. The largest absolute Gasteiger partial charge is 0.368 e. The van der Waals surface area contributed by atoms with E-state index in [-0.39, 0.29) is 5.91 Å². The first-order valence-electron chi connectivity index (χ1n) is 9.01. The number of hydroxylamine groups is 1. The zero-order chi connectivity index (χ0) is 19.8. The van der Waals surface area contributed by atoms with Gasteiger partial charge in [0.25, 0.3) is 5.91 Å². The van der Waals surface area contributed by atoms with Crippen LogP contribution >= 0.6 is 0 Å². The summed E-state index contributed by atoms with van der Waals surface area (Å²) in [5, 5.41) is 8.44. The van der Waals surface area contributed by atoms with Crippen LogP contribution in [0, 0.1) is 0 Å². The van der Waals surface area contributed by atoms with Gasteiger partial charge in [0.1, 0.15) is 0 Å². The Bertz CT molecular complexity index is 855. The number of aromatic nitrogens is 1. The Morgan fingerprint density at radius 3 is 2.36 bits per heavy atom. The molecule has 2 aromatic rings. The van der Waals surface area contributed by atoms with Gasteiger partial charge in [-0.2, -0.15) is 0 Å². The fourth-order valence-corrected chi connectivity index (χ4v) is 2.91. The van der Waals surface area contributed by atoms with Crippen LogP contribution in [-0.4, -0.2) is 53.1 Å². The van der Waals surface area contributed by atoms with Crippen molar-refractivity contribution in [3.63, 3.8) is 0 Å². The third kappa shape index (κ3) is 5.28. The lowest BCUT2D eigenvalue weighted by Gasteiger charge is -2.35. The van der Waals surface area contributed by atoms with Crippen molar-refractivity contribution < 1.29 is 14.8 Å². The van der Waals surface area contributed by atoms with Crippen LogP contribution in [-0.2, 0) is 9.59 Å². The van der Waals surface area contributed by atoms with Crippen LogP contribution in [0.2, 0.25) is 0 Å². The first kappa shape index (κ1) is 19.3. The lowest BCUT2D eigenvalue weighted by Crippen LogP contribution is -2.48. The van der Waals surface area contributed by atoms with Crippen molar-refractivity contribution in [2.75, 3.05) is 31.1 Å². The molecule has 144 valence electrons. The second kappa shape index (κ2) is 9.48. The average molecular weight is 378 g/mol. The Morgan fingerprint density at radius 1 is 0.964 bits per heavy atom. The molecule has 3 rings (SSSR count). The van der Waals surface area contributed by atoms with Gasteiger partial charge in [-0.3, -0.25) is 19.8 Å². The van der Waals surface area contributed by atoms with Gasteiger partial charge >= 0.3 is 0 Å². The van der Waals surface area contributed by atoms with Crippen LogP contribution in [0.4, 0.5) is 5.69 Å². The fourth-order valence-electron chi connectivity index (χ4n) is 2.91. The number of rotatable bonds is 5. The molecule has 1 aliphatic heterocycles. The number of para-hydroxylation sites is 1. The molecule has 28 heavy (non-hydrogen) atoms. The SMILES string of the molecule is O=C(C=Cc1ccc(/C=C/C(=O)N2CCN(c3ccccc3)CC2)cn1)NO. The predicted molar refractivity (Wildman–Crippen MR) is 107 cm³/mol. The number of piperazine rings is 1. The molecule has 7 nitrogen and oxygen atoms in total. The number of nitrogens with one attached hydrogen (secondary N) is 1. The molecule has 2 amide bonds. The number of hydrogen-bond acceptors (Lipinski definition) is 5. The van der Waals surface area contributed by atoms with Crippen LogP contribution < -0.4 is 10.4 Å². The third-order valence-electron chi connectivity index (χ3n) is 4.46. The van der Waals surface area contributed by atoms with Crippen molar-refractivity contribution in [1.82, 2.24) is 15.4 Å². The van der Waals surface area contributed by atoms with Crippen molar-refractivity contribution in [2.45, 2.75) is 0 Å². The maximum atomic E-state index is 12.4. The summed E-state index contributed by atoms with van der Waals surface area (Å²) < 4.78 is 0. The van der Waals surface area contributed by atoms with E-state index in [1.165, 1.54) is 23.3 Å². The molecule has 0 bridgehead atoms. The van der Waals surface area contributed by atoms with Crippen LogP contribution in [0.15, 0.2) is 60.8 Å². The zero-order valence-corrected chi connectivity index (χ0v) is 15.4. The minimum absolute atomic E-state index is 0.0173. The van der Waals surface area contributed by atoms with E-state index in [2.05, 4.69) is 22.0 Å². The van der Waals surface area contributed by atoms with Crippen LogP contribution in [0.5, 0.6) is 0 Å². The number of carbonyl (C=O) groups is 2. The summed E-state index contributed by atoms with van der Waals surface area (Å²) in [7, 11) is 0. The summed E-state index contributed by atoms with van der Waals surface area (Å²) in [5.74, 6) is -0.639. The van der Waals surface area contributed by atoms with Gasteiger partial charge in [0.2, 0.25) is 5.91 Å². The highest BCUT2D eigenvalue weighted by Crippen LogP contribution is 2.15. The first-order chi connectivity index (χ1) is 13.7. The van der Waals surface area contributed by atoms with Gasteiger partial charge in [0, 0.05) is 50.2 Å². The Morgan fingerprint density at radius 2 is 1.71 bits per heavy atom. The number of anilines is 1. The van der Waals surface area contributed by atoms with E-state index >= 15 is 0 Å². The van der Waals surface area contributed by atoms with E-state index < -0.39 is 5.91 Å². The van der Waals surface area contributed by atoms with E-state index in [0.717, 1.165) is 18.7 Å². The molecule has 7 heteroatoms. The number of carbonyl (C=O) groups excluding carboxylic acids is 2. The molecule has 1 fully saturated rings. The van der Waals surface area contributed by atoms with E-state index in [0.29, 0.717) is 18.8 Å². The minimum atomic E-state index is -0.622. The lowest BCUT2D eigenvalue weighted by atomic mass is 10.2. The summed E-state index contributed by atoms with van der Waals surface area (Å²) in [6.07, 6.45) is 7.57. The standard InChI is InChI=1S/C21H22N4O3/c26-20(23-28)10-9-18-8-6-17(16-22-18)7-11-21(27)25-14-12-24(13-15-25)19-4-2-1-3-5-19/h1-11,16,28H,12-15H2,(H,23,26)/b10-9?,11-7+. The number of hydrogen-bond donors (Lipinski definition) is 2. The molecule has 2 N–H and O–H groups in total. The number of pyridine rings is 1. The van der Waals surface area contributed by atoms with E-state index in [1.807, 2.05) is 23.1 Å². The molecule has 0 unspecified atom stereocenters. The Kier molecular flexibility index (Phi) is 6.54. The molecular formula is C21H22N4O3. The molecule has 1 aliphatic rings. The second-order valence-electron chi connectivity index (χ2n) is 6.31. The smallest absolute Gasteiger partial charge is 0.267 e. The van der Waals surface area contributed by atoms with Crippen molar-refractivity contribution in [2.24, 2.45) is 0 Å². The number of nitrogens with zero attached hydrogens (tertiary/aromatic N) is 3. The van der Waals surface area contributed by atoms with Gasteiger partial charge in [-0.25, -0.2) is 5.48 Å². The summed E-state index contributed by atoms with van der Waals surface area (Å²) in [6.45, 7) is 3.00. The second-order valence-corrected chi connectivity index (χ2v) is 6.31. The van der Waals surface area contributed by atoms with Crippen LogP contribution in [0.3, 0.4) is 0 Å². The summed E-state index contributed by atoms with van der Waals surface area (Å²) in [5.41, 5.74) is 4.06. The van der Waals surface area contributed by atoms with Gasteiger partial charge in [-0.05, 0) is 35.9 Å². The molecule has 1 saturated heterocycles. The monoisotopic (exact) mass is 378 g/mol. The minimum Gasteiger partial charge on any atom is -0.368 e. The summed E-state index contributed by atoms with van der Waals surface area (Å²) in [4.78, 5) is 31.7.